The topological polar surface area (TPSA) is 86.0 Å². The lowest BCUT2D eigenvalue weighted by Gasteiger charge is -2.22. The van der Waals surface area contributed by atoms with Gasteiger partial charge in [0.25, 0.3) is 5.88 Å². The van der Waals surface area contributed by atoms with Gasteiger partial charge in [-0.15, -0.1) is 0 Å². The Hall–Kier alpha value is -2.53. The van der Waals surface area contributed by atoms with Crippen molar-refractivity contribution in [2.75, 3.05) is 6.61 Å². The zero-order chi connectivity index (χ0) is 23.3. The average Bonchev–Trinajstić information content (AvgIpc) is 3.11. The Kier molecular flexibility index (Phi) is 8.19. The molecular weight excluding hydrogens is 454 g/mol. The number of aryl methyl sites for hydroxylation is 1. The van der Waals surface area contributed by atoms with Crippen LogP contribution < -0.4 is 4.74 Å². The predicted octanol–water partition coefficient (Wildman–Crippen LogP) is 4.87. The minimum absolute atomic E-state index is 0.0231. The summed E-state index contributed by atoms with van der Waals surface area (Å²) in [4.78, 5) is 12.5. The highest BCUT2D eigenvalue weighted by atomic mass is 35.5. The fraction of sp³-hybridized carbons (Fsp3) is 0.500. The number of pyridine rings is 1. The van der Waals surface area contributed by atoms with Crippen LogP contribution in [0.15, 0.2) is 12.3 Å². The number of hydrogen-bond acceptors (Lipinski definition) is 6. The van der Waals surface area contributed by atoms with Crippen molar-refractivity contribution in [3.8, 4) is 17.3 Å². The molecule has 3 heterocycles. The molecule has 1 fully saturated rings. The summed E-state index contributed by atoms with van der Waals surface area (Å²) in [6, 6.07) is 1.72. The Morgan fingerprint density at radius 3 is 2.53 bits per heavy atom. The molecule has 0 bridgehead atoms. The van der Waals surface area contributed by atoms with Crippen LogP contribution in [0.3, 0.4) is 0 Å². The molecule has 32 heavy (non-hydrogen) atoms. The molecule has 3 aromatic heterocycles. The van der Waals surface area contributed by atoms with E-state index in [0.717, 1.165) is 25.7 Å². The molecule has 1 N–H and O–H groups in total. The summed E-state index contributed by atoms with van der Waals surface area (Å²) >= 11 is 6.29. The number of aliphatic hydroxyl groups excluding tert-OH is 1. The molecule has 0 unspecified atom stereocenters. The van der Waals surface area contributed by atoms with Gasteiger partial charge in [-0.1, -0.05) is 18.0 Å². The molecule has 0 amide bonds. The van der Waals surface area contributed by atoms with Crippen molar-refractivity contribution in [1.82, 2.24) is 24.7 Å². The quantitative estimate of drug-likeness (QED) is 0.418. The Bertz CT molecular complexity index is 1060. The number of nitrogens with zero attached hydrogens (tertiary/aromatic N) is 5. The first-order chi connectivity index (χ1) is 15.3. The molecule has 0 atom stereocenters. The zero-order valence-electron chi connectivity index (χ0n) is 17.2. The highest BCUT2D eigenvalue weighted by molar-refractivity contribution is 6.35. The fourth-order valence-corrected chi connectivity index (χ4v) is 3.87. The third-order valence-corrected chi connectivity index (χ3v) is 5.20. The lowest BCUT2D eigenvalue weighted by atomic mass is 9.98. The molecule has 4 rings (SSSR count). The zero-order valence-corrected chi connectivity index (χ0v) is 18.0. The van der Waals surface area contributed by atoms with Gasteiger partial charge in [-0.25, -0.2) is 9.97 Å². The summed E-state index contributed by atoms with van der Waals surface area (Å²) in [5, 5.41) is 14.5. The SMILES string of the molecule is Cc1nc(OC2CCCCC2)c(F)c(-c2nn(CCO)c3ccnc(Cl)c23)n1.FC(F)F. The molecule has 7 nitrogen and oxygen atoms in total. The first kappa shape index (κ1) is 24.1. The molecule has 1 saturated carbocycles. The molecule has 174 valence electrons. The highest BCUT2D eigenvalue weighted by Crippen LogP contribution is 2.35. The first-order valence-corrected chi connectivity index (χ1v) is 10.4. The molecule has 0 spiro atoms. The number of alkyl halides is 3. The largest absolute Gasteiger partial charge is 0.472 e. The third-order valence-electron chi connectivity index (χ3n) is 4.92. The maximum atomic E-state index is 15.3. The molecule has 1 aliphatic rings. The lowest BCUT2D eigenvalue weighted by molar-refractivity contribution is 0.00819. The van der Waals surface area contributed by atoms with E-state index in [9.17, 15) is 18.3 Å². The van der Waals surface area contributed by atoms with E-state index in [0.29, 0.717) is 16.7 Å². The number of ether oxygens (including phenoxy) is 1. The summed E-state index contributed by atoms with van der Waals surface area (Å²) in [5.41, 5.74) is 0.933. The van der Waals surface area contributed by atoms with E-state index < -0.39 is 12.5 Å². The average molecular weight is 476 g/mol. The maximum absolute atomic E-state index is 15.3. The van der Waals surface area contributed by atoms with Crippen molar-refractivity contribution in [3.05, 3.63) is 29.1 Å². The van der Waals surface area contributed by atoms with Crippen molar-refractivity contribution in [2.24, 2.45) is 0 Å². The van der Waals surface area contributed by atoms with Gasteiger partial charge in [0.15, 0.2) is 0 Å². The van der Waals surface area contributed by atoms with Gasteiger partial charge in [0, 0.05) is 6.20 Å². The standard InChI is InChI=1S/C19H21ClFN5O2.CHF3/c1-11-23-17(15(21)19(24-11)28-12-5-3-2-4-6-12)16-14-13(7-8-22-18(14)20)26(25-16)9-10-27;2-1(3)4/h7-8,12,27H,2-6,9-10H2,1H3;1H. The van der Waals surface area contributed by atoms with E-state index in [2.05, 4.69) is 20.1 Å². The summed E-state index contributed by atoms with van der Waals surface area (Å²) in [5.74, 6) is -0.335. The van der Waals surface area contributed by atoms with Gasteiger partial charge in [0.05, 0.1) is 24.1 Å². The second-order valence-corrected chi connectivity index (χ2v) is 7.51. The summed E-state index contributed by atoms with van der Waals surface area (Å²) in [7, 11) is 0. The second-order valence-electron chi connectivity index (χ2n) is 7.16. The van der Waals surface area contributed by atoms with Crippen LogP contribution in [0.4, 0.5) is 17.6 Å². The van der Waals surface area contributed by atoms with Gasteiger partial charge in [-0.3, -0.25) is 4.68 Å². The maximum Gasteiger partial charge on any atom is 0.379 e. The van der Waals surface area contributed by atoms with Gasteiger partial charge in [0.1, 0.15) is 28.5 Å². The van der Waals surface area contributed by atoms with Gasteiger partial charge in [-0.2, -0.15) is 27.6 Å². The molecule has 3 aromatic rings. The van der Waals surface area contributed by atoms with Gasteiger partial charge in [0.2, 0.25) is 5.82 Å². The van der Waals surface area contributed by atoms with Crippen molar-refractivity contribution in [3.63, 3.8) is 0 Å². The van der Waals surface area contributed by atoms with Crippen LogP contribution in [-0.2, 0) is 6.54 Å². The Morgan fingerprint density at radius 1 is 1.19 bits per heavy atom. The number of aromatic nitrogens is 5. The van der Waals surface area contributed by atoms with Crippen LogP contribution in [0.5, 0.6) is 5.88 Å². The van der Waals surface area contributed by atoms with Gasteiger partial charge < -0.3 is 9.84 Å². The van der Waals surface area contributed by atoms with Gasteiger partial charge in [-0.05, 0) is 38.7 Å². The van der Waals surface area contributed by atoms with Crippen LogP contribution in [0, 0.1) is 12.7 Å². The second kappa shape index (κ2) is 10.9. The molecule has 0 aliphatic heterocycles. The van der Waals surface area contributed by atoms with Crippen LogP contribution in [0.25, 0.3) is 22.3 Å². The molecular formula is C20H22ClF4N5O2. The molecule has 0 aromatic carbocycles. The van der Waals surface area contributed by atoms with E-state index in [1.54, 1.807) is 23.9 Å². The lowest BCUT2D eigenvalue weighted by Crippen LogP contribution is -2.21. The third kappa shape index (κ3) is 5.63. The Balaban J connectivity index is 0.000000668. The van der Waals surface area contributed by atoms with Gasteiger partial charge >= 0.3 is 6.68 Å². The van der Waals surface area contributed by atoms with Crippen molar-refractivity contribution in [1.29, 1.82) is 0 Å². The van der Waals surface area contributed by atoms with Crippen LogP contribution in [-0.4, -0.2) is 49.2 Å². The van der Waals surface area contributed by atoms with Crippen LogP contribution >= 0.6 is 11.6 Å². The normalized spacial score (nSPS) is 14.5. The van der Waals surface area contributed by atoms with Crippen LogP contribution in [0.2, 0.25) is 5.15 Å². The highest BCUT2D eigenvalue weighted by Gasteiger charge is 2.25. The molecule has 0 radical (unpaired) electrons. The van der Waals surface area contributed by atoms with Crippen molar-refractivity contribution >= 4 is 22.5 Å². The summed E-state index contributed by atoms with van der Waals surface area (Å²) in [6.45, 7) is -1.85. The number of fused-ring (bicyclic) bond motifs is 1. The number of halogens is 5. The van der Waals surface area contributed by atoms with Crippen molar-refractivity contribution < 1.29 is 27.4 Å². The summed E-state index contributed by atoms with van der Waals surface area (Å²) in [6.07, 6.45) is 6.60. The van der Waals surface area contributed by atoms with E-state index in [-0.39, 0.29) is 41.7 Å². The number of aliphatic hydroxyl groups is 1. The Morgan fingerprint density at radius 2 is 1.88 bits per heavy atom. The molecule has 0 saturated heterocycles. The fourth-order valence-electron chi connectivity index (χ4n) is 3.63. The monoisotopic (exact) mass is 475 g/mol. The smallest absolute Gasteiger partial charge is 0.379 e. The first-order valence-electron chi connectivity index (χ1n) is 10.1. The van der Waals surface area contributed by atoms with E-state index in [4.69, 9.17) is 16.3 Å². The minimum atomic E-state index is -3.67. The number of rotatable bonds is 5. The predicted molar refractivity (Wildman–Crippen MR) is 110 cm³/mol. The van der Waals surface area contributed by atoms with E-state index >= 15 is 4.39 Å². The summed E-state index contributed by atoms with van der Waals surface area (Å²) < 4.78 is 51.8. The van der Waals surface area contributed by atoms with Crippen molar-refractivity contribution in [2.45, 2.75) is 58.4 Å². The van der Waals surface area contributed by atoms with E-state index in [1.165, 1.54) is 6.42 Å². The van der Waals surface area contributed by atoms with E-state index in [1.807, 2.05) is 0 Å². The van der Waals surface area contributed by atoms with Crippen LogP contribution in [0.1, 0.15) is 37.9 Å². The molecule has 1 aliphatic carbocycles. The number of hydrogen-bond donors (Lipinski definition) is 1. The molecule has 12 heteroatoms. The minimum Gasteiger partial charge on any atom is -0.472 e. The Labute approximate surface area is 186 Å².